The molecule has 384 valence electrons. The summed E-state index contributed by atoms with van der Waals surface area (Å²) in [7, 11) is 0. The predicted octanol–water partition coefficient (Wildman–Crippen LogP) is 23.4. The van der Waals surface area contributed by atoms with Crippen LogP contribution in [-0.4, -0.2) is 9.13 Å². The Bertz CT molecular complexity index is 5500. The summed E-state index contributed by atoms with van der Waals surface area (Å²) in [6, 6.07) is 102. The SMILES string of the molecule is c1ccc(-c2ccc3c(c2)sc2cc(-c4ccc5sc6c7ccccc7n(-c7ccccc7)c6c5c4)ccc23)cc1.c1ccc(-c2ccc3c(c2)sc2cc(-c4cccc5sc6c7ccccc7n(-c7ccccc7)c6c45)ccc23)cc1. The van der Waals surface area contributed by atoms with Crippen LogP contribution in [-0.2, 0) is 0 Å². The van der Waals surface area contributed by atoms with E-state index in [-0.39, 0.29) is 0 Å². The van der Waals surface area contributed by atoms with Crippen LogP contribution in [0.2, 0.25) is 0 Å². The normalized spacial score (nSPS) is 11.9. The van der Waals surface area contributed by atoms with Crippen LogP contribution >= 0.6 is 45.3 Å². The number of hydrogen-bond donors (Lipinski definition) is 0. The van der Waals surface area contributed by atoms with Gasteiger partial charge in [-0.3, -0.25) is 0 Å². The second-order valence-electron chi connectivity index (χ2n) is 21.1. The fourth-order valence-electron chi connectivity index (χ4n) is 12.6. The minimum absolute atomic E-state index is 1.20. The average Bonchev–Trinajstić information content (AvgIpc) is 2.58. The molecule has 18 aromatic rings. The quantitative estimate of drug-likeness (QED) is 0.157. The summed E-state index contributed by atoms with van der Waals surface area (Å²) >= 11 is 7.58. The van der Waals surface area contributed by atoms with Crippen molar-refractivity contribution in [1.82, 2.24) is 9.13 Å². The van der Waals surface area contributed by atoms with E-state index in [9.17, 15) is 0 Å². The van der Waals surface area contributed by atoms with Crippen LogP contribution < -0.4 is 0 Å². The van der Waals surface area contributed by atoms with Crippen LogP contribution in [0.3, 0.4) is 0 Å². The van der Waals surface area contributed by atoms with Crippen LogP contribution in [0.5, 0.6) is 0 Å². The van der Waals surface area contributed by atoms with Crippen molar-refractivity contribution in [3.8, 4) is 55.9 Å². The highest BCUT2D eigenvalue weighted by molar-refractivity contribution is 7.27. The Balaban J connectivity index is 0.000000130. The number of hydrogen-bond acceptors (Lipinski definition) is 4. The summed E-state index contributed by atoms with van der Waals surface area (Å²) in [5.41, 5.74) is 17.6. The van der Waals surface area contributed by atoms with Crippen molar-refractivity contribution in [2.75, 3.05) is 0 Å². The molecule has 12 aromatic carbocycles. The van der Waals surface area contributed by atoms with Gasteiger partial charge < -0.3 is 9.13 Å². The minimum Gasteiger partial charge on any atom is -0.308 e. The first kappa shape index (κ1) is 47.4. The van der Waals surface area contributed by atoms with Gasteiger partial charge in [-0.15, -0.1) is 45.3 Å². The number of aromatic nitrogens is 2. The molecule has 6 heterocycles. The number of fused-ring (bicyclic) bond motifs is 16. The lowest BCUT2D eigenvalue weighted by Gasteiger charge is -2.10. The lowest BCUT2D eigenvalue weighted by Crippen LogP contribution is -1.93. The Morgan fingerprint density at radius 2 is 0.622 bits per heavy atom. The summed E-state index contributed by atoms with van der Waals surface area (Å²) in [6.45, 7) is 0. The molecule has 0 aliphatic carbocycles. The molecule has 0 unspecified atom stereocenters. The summed E-state index contributed by atoms with van der Waals surface area (Å²) in [4.78, 5) is 0. The minimum atomic E-state index is 1.20. The molecule has 6 aromatic heterocycles. The summed E-state index contributed by atoms with van der Waals surface area (Å²) in [5.74, 6) is 0. The van der Waals surface area contributed by atoms with E-state index in [0.29, 0.717) is 0 Å². The topological polar surface area (TPSA) is 9.86 Å². The molecule has 0 atom stereocenters. The van der Waals surface area contributed by atoms with Crippen molar-refractivity contribution in [1.29, 1.82) is 0 Å². The third-order valence-corrected chi connectivity index (χ3v) is 21.0. The molecule has 0 amide bonds. The highest BCUT2D eigenvalue weighted by Gasteiger charge is 2.22. The van der Waals surface area contributed by atoms with Gasteiger partial charge in [-0.05, 0) is 123 Å². The van der Waals surface area contributed by atoms with Crippen LogP contribution in [0, 0.1) is 0 Å². The maximum atomic E-state index is 2.45. The van der Waals surface area contributed by atoms with Crippen LogP contribution in [0.1, 0.15) is 0 Å². The second-order valence-corrected chi connectivity index (χ2v) is 25.4. The number of nitrogens with zero attached hydrogens (tertiary/aromatic N) is 2. The molecule has 6 heteroatoms. The lowest BCUT2D eigenvalue weighted by atomic mass is 9.99. The first-order valence-electron chi connectivity index (χ1n) is 27.7. The van der Waals surface area contributed by atoms with E-state index in [2.05, 4.69) is 288 Å². The van der Waals surface area contributed by atoms with Gasteiger partial charge >= 0.3 is 0 Å². The third kappa shape index (κ3) is 7.64. The number of benzene rings is 12. The molecule has 18 rings (SSSR count). The fraction of sp³-hybridized carbons (Fsp3) is 0. The van der Waals surface area contributed by atoms with Crippen LogP contribution in [0.25, 0.3) is 159 Å². The number of rotatable bonds is 6. The number of para-hydroxylation sites is 4. The number of thiophene rings is 4. The summed E-state index contributed by atoms with van der Waals surface area (Å²) in [6.07, 6.45) is 0. The molecule has 0 aliphatic rings. The van der Waals surface area contributed by atoms with E-state index >= 15 is 0 Å². The molecule has 0 bridgehead atoms. The molecule has 0 saturated heterocycles. The summed E-state index contributed by atoms with van der Waals surface area (Å²) in [5, 5.41) is 10.6. The van der Waals surface area contributed by atoms with Crippen molar-refractivity contribution in [3.63, 3.8) is 0 Å². The van der Waals surface area contributed by atoms with E-state index in [1.165, 1.54) is 159 Å². The smallest absolute Gasteiger partial charge is 0.0734 e. The monoisotopic (exact) mass is 1110 g/mol. The third-order valence-electron chi connectivity index (χ3n) is 16.4. The van der Waals surface area contributed by atoms with Gasteiger partial charge in [0.1, 0.15) is 0 Å². The highest BCUT2D eigenvalue weighted by Crippen LogP contribution is 2.48. The van der Waals surface area contributed by atoms with E-state index < -0.39 is 0 Å². The van der Waals surface area contributed by atoms with E-state index in [0.717, 1.165) is 0 Å². The van der Waals surface area contributed by atoms with Gasteiger partial charge in [-0.25, -0.2) is 0 Å². The molecule has 0 N–H and O–H groups in total. The molecule has 0 aliphatic heterocycles. The predicted molar refractivity (Wildman–Crippen MR) is 360 cm³/mol. The Kier molecular flexibility index (Phi) is 11.1. The van der Waals surface area contributed by atoms with Gasteiger partial charge in [0, 0.05) is 82.7 Å². The molecule has 2 nitrogen and oxygen atoms in total. The maximum absolute atomic E-state index is 2.45. The Morgan fingerprint density at radius 3 is 1.16 bits per heavy atom. The van der Waals surface area contributed by atoms with Crippen molar-refractivity contribution in [2.24, 2.45) is 0 Å². The van der Waals surface area contributed by atoms with Gasteiger partial charge in [0.15, 0.2) is 0 Å². The largest absolute Gasteiger partial charge is 0.308 e. The van der Waals surface area contributed by atoms with Crippen molar-refractivity contribution in [2.45, 2.75) is 0 Å². The maximum Gasteiger partial charge on any atom is 0.0734 e. The molecule has 0 saturated carbocycles. The molecule has 82 heavy (non-hydrogen) atoms. The lowest BCUT2D eigenvalue weighted by molar-refractivity contribution is 1.19. The average molecular weight is 1120 g/mol. The van der Waals surface area contributed by atoms with Gasteiger partial charge in [0.25, 0.3) is 0 Å². The zero-order valence-corrected chi connectivity index (χ0v) is 47.4. The van der Waals surface area contributed by atoms with E-state index in [1.807, 2.05) is 45.3 Å². The van der Waals surface area contributed by atoms with Gasteiger partial charge in [-0.1, -0.05) is 200 Å². The van der Waals surface area contributed by atoms with E-state index in [4.69, 9.17) is 0 Å². The zero-order chi connectivity index (χ0) is 53.8. The van der Waals surface area contributed by atoms with Crippen LogP contribution in [0.4, 0.5) is 0 Å². The molecule has 0 spiro atoms. The Hall–Kier alpha value is -9.40. The van der Waals surface area contributed by atoms with E-state index in [1.54, 1.807) is 0 Å². The molecule has 0 radical (unpaired) electrons. The summed E-state index contributed by atoms with van der Waals surface area (Å²) < 4.78 is 15.6. The second kappa shape index (κ2) is 19.1. The standard InChI is InChI=1S/2C38H23NS2/c1-3-10-24(11-4-1)25-18-20-29-30-21-19-26(23-35(30)40-34(29)22-25)28-15-9-17-33-36(28)37-38(41-33)31-14-7-8-16-32(31)39(37)27-12-5-2-6-13-27;1-3-9-24(10-4-1)26-15-18-29-30-19-16-27(23-36(30)40-35(29)22-26)25-17-20-34-32(21-25)37-38(41-34)31-13-7-8-14-33(31)39(37)28-11-5-2-6-12-28/h2*1-23H. The first-order chi connectivity index (χ1) is 40.6. The highest BCUT2D eigenvalue weighted by atomic mass is 32.1. The molecule has 0 fully saturated rings. The van der Waals surface area contributed by atoms with Gasteiger partial charge in [0.05, 0.1) is 31.5 Å². The van der Waals surface area contributed by atoms with Crippen LogP contribution in [0.15, 0.2) is 279 Å². The Morgan fingerprint density at radius 1 is 0.220 bits per heavy atom. The van der Waals surface area contributed by atoms with Gasteiger partial charge in [-0.2, -0.15) is 0 Å². The van der Waals surface area contributed by atoms with Gasteiger partial charge in [0.2, 0.25) is 0 Å². The fourth-order valence-corrected chi connectivity index (χ4v) is 17.4. The van der Waals surface area contributed by atoms with Crippen molar-refractivity contribution in [3.05, 3.63) is 279 Å². The van der Waals surface area contributed by atoms with Crippen molar-refractivity contribution >= 4 is 148 Å². The molecular formula is C76H46N2S4. The zero-order valence-electron chi connectivity index (χ0n) is 44.1. The first-order valence-corrected chi connectivity index (χ1v) is 31.0. The van der Waals surface area contributed by atoms with Crippen molar-refractivity contribution < 1.29 is 0 Å². The molecular weight excluding hydrogens is 1070 g/mol. The Labute approximate surface area is 488 Å².